The highest BCUT2D eigenvalue weighted by atomic mass is 16.2. The lowest BCUT2D eigenvalue weighted by Gasteiger charge is -2.04. The van der Waals surface area contributed by atoms with E-state index in [0.29, 0.717) is 12.1 Å². The lowest BCUT2D eigenvalue weighted by Crippen LogP contribution is -2.17. The summed E-state index contributed by atoms with van der Waals surface area (Å²) in [7, 11) is 0. The zero-order valence-electron chi connectivity index (χ0n) is 14.3. The van der Waals surface area contributed by atoms with Crippen LogP contribution in [0.1, 0.15) is 32.9 Å². The molecule has 0 aliphatic heterocycles. The van der Waals surface area contributed by atoms with E-state index in [1.54, 1.807) is 18.3 Å². The third-order valence-electron chi connectivity index (χ3n) is 4.01. The molecule has 5 nitrogen and oxygen atoms in total. The summed E-state index contributed by atoms with van der Waals surface area (Å²) in [5, 5.41) is 8.66. The second-order valence-corrected chi connectivity index (χ2v) is 5.79. The Bertz CT molecular complexity index is 883. The van der Waals surface area contributed by atoms with E-state index in [1.165, 1.54) is 5.56 Å². The molecule has 0 unspecified atom stereocenters. The van der Waals surface area contributed by atoms with Gasteiger partial charge in [-0.1, -0.05) is 48.5 Å². The van der Waals surface area contributed by atoms with Gasteiger partial charge in [0.2, 0.25) is 0 Å². The van der Waals surface area contributed by atoms with Crippen molar-refractivity contribution in [3.8, 4) is 0 Å². The number of hydrogen-bond donors (Lipinski definition) is 1. The fourth-order valence-corrected chi connectivity index (χ4v) is 2.62. The molecular weight excluding hydrogens is 312 g/mol. The van der Waals surface area contributed by atoms with Crippen LogP contribution in [-0.2, 0) is 6.54 Å². The molecular formula is C20H20N4O. The molecule has 1 N–H and O–H groups in total. The highest BCUT2D eigenvalue weighted by molar-refractivity contribution is 5.95. The average molecular weight is 332 g/mol. The van der Waals surface area contributed by atoms with Gasteiger partial charge in [-0.05, 0) is 31.5 Å². The summed E-state index contributed by atoms with van der Waals surface area (Å²) in [6, 6.07) is 19.2. The maximum Gasteiger partial charge on any atom is 0.271 e. The molecule has 0 aliphatic carbocycles. The van der Waals surface area contributed by atoms with Crippen molar-refractivity contribution in [1.82, 2.24) is 15.2 Å². The van der Waals surface area contributed by atoms with Crippen molar-refractivity contribution >= 4 is 12.1 Å². The van der Waals surface area contributed by atoms with E-state index in [2.05, 4.69) is 27.8 Å². The number of aryl methyl sites for hydroxylation is 1. The van der Waals surface area contributed by atoms with Crippen molar-refractivity contribution in [1.29, 1.82) is 0 Å². The van der Waals surface area contributed by atoms with Gasteiger partial charge in [-0.15, -0.1) is 0 Å². The van der Waals surface area contributed by atoms with Gasteiger partial charge < -0.3 is 0 Å². The number of hydrazone groups is 1. The summed E-state index contributed by atoms with van der Waals surface area (Å²) in [4.78, 5) is 12.0. The molecule has 3 rings (SSSR count). The molecule has 0 atom stereocenters. The number of carbonyl (C=O) groups is 1. The van der Waals surface area contributed by atoms with Gasteiger partial charge in [0, 0.05) is 16.8 Å². The largest absolute Gasteiger partial charge is 0.271 e. The van der Waals surface area contributed by atoms with E-state index in [9.17, 15) is 4.79 Å². The molecule has 126 valence electrons. The zero-order valence-corrected chi connectivity index (χ0v) is 14.3. The van der Waals surface area contributed by atoms with Crippen molar-refractivity contribution in [3.05, 3.63) is 88.7 Å². The van der Waals surface area contributed by atoms with E-state index in [4.69, 9.17) is 0 Å². The lowest BCUT2D eigenvalue weighted by atomic mass is 10.2. The maximum absolute atomic E-state index is 12.0. The highest BCUT2D eigenvalue weighted by Gasteiger charge is 2.10. The number of hydrogen-bond acceptors (Lipinski definition) is 3. The van der Waals surface area contributed by atoms with Crippen LogP contribution >= 0.6 is 0 Å². The summed E-state index contributed by atoms with van der Waals surface area (Å²) in [6.45, 7) is 4.65. The van der Waals surface area contributed by atoms with Crippen molar-refractivity contribution in [2.75, 3.05) is 0 Å². The Hall–Kier alpha value is -3.21. The van der Waals surface area contributed by atoms with Gasteiger partial charge in [0.15, 0.2) is 0 Å². The standard InChI is InChI=1S/C20H20N4O/c1-15-19(13-21-22-20(25)18-11-7-4-8-12-18)16(2)24(23-15)14-17-9-5-3-6-10-17/h3-13H,14H2,1-2H3,(H,22,25)/b21-13-. The highest BCUT2D eigenvalue weighted by Crippen LogP contribution is 2.12. The average Bonchev–Trinajstić information content (AvgIpc) is 2.90. The fraction of sp³-hybridized carbons (Fsp3) is 0.150. The van der Waals surface area contributed by atoms with Gasteiger partial charge in [0.25, 0.3) is 5.91 Å². The SMILES string of the molecule is Cc1nn(Cc2ccccc2)c(C)c1/C=N\NC(=O)c1ccccc1. The number of aromatic nitrogens is 2. The van der Waals surface area contributed by atoms with Crippen molar-refractivity contribution in [3.63, 3.8) is 0 Å². The Balaban J connectivity index is 1.71. The molecule has 3 aromatic rings. The zero-order chi connectivity index (χ0) is 17.6. The van der Waals surface area contributed by atoms with Gasteiger partial charge in [-0.2, -0.15) is 10.2 Å². The van der Waals surface area contributed by atoms with Gasteiger partial charge in [0.05, 0.1) is 18.5 Å². The molecule has 1 aromatic heterocycles. The fourth-order valence-electron chi connectivity index (χ4n) is 2.62. The number of nitrogens with zero attached hydrogens (tertiary/aromatic N) is 3. The first-order valence-corrected chi connectivity index (χ1v) is 8.11. The summed E-state index contributed by atoms with van der Waals surface area (Å²) < 4.78 is 1.95. The topological polar surface area (TPSA) is 59.3 Å². The first-order chi connectivity index (χ1) is 12.1. The molecule has 2 aromatic carbocycles. The minimum absolute atomic E-state index is 0.233. The van der Waals surface area contributed by atoms with Crippen LogP contribution in [-0.4, -0.2) is 21.9 Å². The first kappa shape index (κ1) is 16.6. The van der Waals surface area contributed by atoms with Crippen LogP contribution in [0.25, 0.3) is 0 Å². The predicted octanol–water partition coefficient (Wildman–Crippen LogP) is 3.31. The minimum Gasteiger partial charge on any atom is -0.267 e. The Kier molecular flexibility index (Phi) is 5.04. The molecule has 25 heavy (non-hydrogen) atoms. The van der Waals surface area contributed by atoms with Crippen LogP contribution in [0.15, 0.2) is 65.8 Å². The van der Waals surface area contributed by atoms with Crippen LogP contribution in [0.4, 0.5) is 0 Å². The molecule has 1 amide bonds. The number of benzene rings is 2. The molecule has 0 aliphatic rings. The predicted molar refractivity (Wildman–Crippen MR) is 98.7 cm³/mol. The van der Waals surface area contributed by atoms with Crippen molar-refractivity contribution < 1.29 is 4.79 Å². The molecule has 0 fully saturated rings. The Morgan fingerprint density at radius 1 is 1.08 bits per heavy atom. The summed E-state index contributed by atoms with van der Waals surface area (Å²) in [5.41, 5.74) is 7.13. The van der Waals surface area contributed by atoms with E-state index in [-0.39, 0.29) is 5.91 Å². The lowest BCUT2D eigenvalue weighted by molar-refractivity contribution is 0.0955. The third kappa shape index (κ3) is 4.01. The second-order valence-electron chi connectivity index (χ2n) is 5.79. The molecule has 0 spiro atoms. The van der Waals surface area contributed by atoms with Crippen LogP contribution < -0.4 is 5.43 Å². The van der Waals surface area contributed by atoms with E-state index in [1.807, 2.05) is 54.9 Å². The molecule has 0 saturated heterocycles. The number of carbonyl (C=O) groups excluding carboxylic acids is 1. The Morgan fingerprint density at radius 3 is 2.40 bits per heavy atom. The normalized spacial score (nSPS) is 11.0. The Morgan fingerprint density at radius 2 is 1.72 bits per heavy atom. The van der Waals surface area contributed by atoms with Gasteiger partial charge in [0.1, 0.15) is 0 Å². The monoisotopic (exact) mass is 332 g/mol. The van der Waals surface area contributed by atoms with E-state index < -0.39 is 0 Å². The number of nitrogens with one attached hydrogen (secondary N) is 1. The molecule has 0 bridgehead atoms. The van der Waals surface area contributed by atoms with Gasteiger partial charge in [-0.25, -0.2) is 5.43 Å². The third-order valence-corrected chi connectivity index (χ3v) is 4.01. The van der Waals surface area contributed by atoms with Crippen LogP contribution in [0, 0.1) is 13.8 Å². The van der Waals surface area contributed by atoms with Crippen LogP contribution in [0.3, 0.4) is 0 Å². The molecule has 1 heterocycles. The van der Waals surface area contributed by atoms with Crippen molar-refractivity contribution in [2.45, 2.75) is 20.4 Å². The maximum atomic E-state index is 12.0. The van der Waals surface area contributed by atoms with Crippen LogP contribution in [0.5, 0.6) is 0 Å². The quantitative estimate of drug-likeness (QED) is 0.575. The summed E-state index contributed by atoms with van der Waals surface area (Å²) in [5.74, 6) is -0.233. The van der Waals surface area contributed by atoms with E-state index in [0.717, 1.165) is 17.0 Å². The van der Waals surface area contributed by atoms with Gasteiger partial charge >= 0.3 is 0 Å². The smallest absolute Gasteiger partial charge is 0.267 e. The molecule has 0 radical (unpaired) electrons. The molecule has 0 saturated carbocycles. The molecule has 5 heteroatoms. The van der Waals surface area contributed by atoms with E-state index >= 15 is 0 Å². The van der Waals surface area contributed by atoms with Crippen LogP contribution in [0.2, 0.25) is 0 Å². The Labute approximate surface area is 147 Å². The number of amides is 1. The summed E-state index contributed by atoms with van der Waals surface area (Å²) in [6.07, 6.45) is 1.65. The van der Waals surface area contributed by atoms with Crippen molar-refractivity contribution in [2.24, 2.45) is 5.10 Å². The van der Waals surface area contributed by atoms with Gasteiger partial charge in [-0.3, -0.25) is 9.48 Å². The first-order valence-electron chi connectivity index (χ1n) is 8.11. The number of rotatable bonds is 5. The summed E-state index contributed by atoms with van der Waals surface area (Å²) >= 11 is 0. The minimum atomic E-state index is -0.233. The second kappa shape index (κ2) is 7.57.